The van der Waals surface area contributed by atoms with Gasteiger partial charge in [-0.15, -0.1) is 0 Å². The highest BCUT2D eigenvalue weighted by atomic mass is 32.2. The second-order valence-corrected chi connectivity index (χ2v) is 23.3. The van der Waals surface area contributed by atoms with Crippen molar-refractivity contribution in [3.63, 3.8) is 0 Å². The third-order valence-corrected chi connectivity index (χ3v) is 15.6. The number of carbonyl (C=O) groups excluding carboxylic acids is 10. The molecule has 2 aromatic rings. The fourth-order valence-corrected chi connectivity index (χ4v) is 10.5. The highest BCUT2D eigenvalue weighted by Gasteiger charge is 2.41. The van der Waals surface area contributed by atoms with Crippen molar-refractivity contribution in [2.75, 3.05) is 43.9 Å². The zero-order valence-electron chi connectivity index (χ0n) is 50.6. The summed E-state index contributed by atoms with van der Waals surface area (Å²) in [6.45, 7) is 3.66. The summed E-state index contributed by atoms with van der Waals surface area (Å²) < 4.78 is 0. The van der Waals surface area contributed by atoms with Crippen molar-refractivity contribution >= 4 is 112 Å². The molecule has 10 amide bonds. The van der Waals surface area contributed by atoms with Crippen LogP contribution in [0, 0.1) is 5.92 Å². The number of guanidine groups is 1. The topological polar surface area (TPSA) is 529 Å². The molecular formula is C56H91N17O14S2. The number of carboxylic acid groups (broad SMARTS) is 2. The van der Waals surface area contributed by atoms with Crippen LogP contribution in [0.1, 0.15) is 109 Å². The first-order valence-corrected chi connectivity index (χ1v) is 31.6. The molecule has 2 heterocycles. The van der Waals surface area contributed by atoms with Gasteiger partial charge in [-0.1, -0.05) is 32.0 Å². The van der Waals surface area contributed by atoms with Gasteiger partial charge in [0.05, 0.1) is 12.5 Å². The quantitative estimate of drug-likeness (QED) is 0.0132. The van der Waals surface area contributed by atoms with Gasteiger partial charge in [-0.25, -0.2) is 4.79 Å². The molecule has 0 radical (unpaired) electrons. The molecular weight excluding hydrogens is 1200 g/mol. The fourth-order valence-electron chi connectivity index (χ4n) is 9.71. The van der Waals surface area contributed by atoms with Crippen molar-refractivity contribution < 1.29 is 67.7 Å². The number of unbranched alkanes of at least 4 members (excludes halogenated alkanes) is 2. The van der Waals surface area contributed by atoms with Crippen LogP contribution in [-0.2, 0) is 64.0 Å². The van der Waals surface area contributed by atoms with E-state index < -0.39 is 157 Å². The van der Waals surface area contributed by atoms with Crippen molar-refractivity contribution in [3.8, 4) is 0 Å². The molecule has 1 aromatic carbocycles. The minimum Gasteiger partial charge on any atom is -0.481 e. The molecule has 1 fully saturated rings. The lowest BCUT2D eigenvalue weighted by Gasteiger charge is -2.30. The number of aromatic nitrogens is 1. The first-order chi connectivity index (χ1) is 42.3. The largest absolute Gasteiger partial charge is 0.481 e. The molecule has 1 aliphatic rings. The first-order valence-electron chi connectivity index (χ1n) is 29.6. The number of nitrogens with one attached hydrogen (secondary N) is 9. The molecule has 0 aliphatic carbocycles. The predicted molar refractivity (Wildman–Crippen MR) is 336 cm³/mol. The van der Waals surface area contributed by atoms with Crippen LogP contribution >= 0.6 is 24.4 Å². The van der Waals surface area contributed by atoms with Crippen molar-refractivity contribution in [1.29, 1.82) is 0 Å². The first kappa shape index (κ1) is 75.5. The fraction of sp³-hybridized carbons (Fsp3) is 0.625. The van der Waals surface area contributed by atoms with Gasteiger partial charge in [0.1, 0.15) is 54.4 Å². The molecule has 1 aromatic heterocycles. The highest BCUT2D eigenvalue weighted by Crippen LogP contribution is 2.22. The number of nitrogens with two attached hydrogens (primary N) is 6. The zero-order chi connectivity index (χ0) is 66.3. The minimum absolute atomic E-state index is 0.00298. The second-order valence-electron chi connectivity index (χ2n) is 21.9. The number of thioether (sulfide) groups is 1. The molecule has 0 spiro atoms. The van der Waals surface area contributed by atoms with E-state index in [2.05, 4.69) is 65.1 Å². The Balaban J connectivity index is 1.86. The number of primary amides is 1. The number of aromatic amines is 1. The SMILES string of the molecule is CSCC[C@H](N)C(=O)N[C@@H](CC(N)=O)C(=O)N1CCC[C@H]1C(=O)N[C@@H](CCC(=O)O)C(=O)N[C@@H](CCCCN)C(=O)N[C@@H](CCCCN)C(=O)N[C@@H](CS)C(=O)N[C@@H](CCCN=C(N)N)C(=O)N[C@H](C(=O)N[C@@H](Cc1c[nH]c2ccccc12)C(=O)O)C(C)C. The lowest BCUT2D eigenvalue weighted by molar-refractivity contribution is -0.143. The van der Waals surface area contributed by atoms with Gasteiger partial charge < -0.3 is 97.0 Å². The van der Waals surface area contributed by atoms with Crippen LogP contribution < -0.4 is 76.9 Å². The van der Waals surface area contributed by atoms with Gasteiger partial charge >= 0.3 is 11.9 Å². The van der Waals surface area contributed by atoms with E-state index in [0.29, 0.717) is 24.2 Å². The standard InChI is InChI=1S/C56H91N17O14S2/c1-30(2)45(53(84)70-40(55(86)87)26-31-28-64-34-13-5-4-12-32(31)34)72-50(81)37(16-10-23-63-56(61)62)67-51(82)41(29-88)71-48(79)36(15-7-9-22-58)65-47(78)35(14-6-8-21-57)66-49(80)38(18-19-44(75)76)68-52(83)42-17-11-24-73(42)54(85)39(27-43(60)74)69-46(77)33(59)20-25-89-3/h4-5,12-13,28,30,33,35-42,45,64,88H,6-11,14-27,29,57-59H2,1-3H3,(H2,60,74)(H,65,78)(H,66,80)(H,67,82)(H,68,83)(H,69,77)(H,70,84)(H,71,79)(H,72,81)(H,75,76)(H,86,87)(H4,61,62,63)/t33-,35-,36-,37-,38-,39-,40-,41-,42-,45-/m0/s1. The van der Waals surface area contributed by atoms with Crippen LogP contribution in [-0.4, -0.2) is 201 Å². The van der Waals surface area contributed by atoms with Gasteiger partial charge in [0.25, 0.3) is 0 Å². The van der Waals surface area contributed by atoms with Gasteiger partial charge in [-0.2, -0.15) is 24.4 Å². The molecule has 0 unspecified atom stereocenters. The number of H-pyrrole nitrogens is 1. The number of likely N-dealkylation sites (tertiary alicyclic amines) is 1. The Kier molecular flexibility index (Phi) is 33.3. The van der Waals surface area contributed by atoms with Crippen molar-refractivity contribution in [2.24, 2.45) is 45.3 Å². The summed E-state index contributed by atoms with van der Waals surface area (Å²) in [5, 5.41) is 41.1. The Labute approximate surface area is 526 Å². The number of benzene rings is 1. The number of carbonyl (C=O) groups is 12. The van der Waals surface area contributed by atoms with E-state index >= 15 is 0 Å². The molecule has 33 heteroatoms. The molecule has 0 bridgehead atoms. The van der Waals surface area contributed by atoms with Crippen LogP contribution in [0.5, 0.6) is 0 Å². The van der Waals surface area contributed by atoms with Crippen LogP contribution in [0.25, 0.3) is 10.9 Å². The Hall–Kier alpha value is -7.75. The maximum Gasteiger partial charge on any atom is 0.326 e. The van der Waals surface area contributed by atoms with Crippen molar-refractivity contribution in [1.82, 2.24) is 52.4 Å². The lowest BCUT2D eigenvalue weighted by Crippen LogP contribution is -2.61. The molecule has 0 saturated carbocycles. The number of carboxylic acids is 2. The van der Waals surface area contributed by atoms with Gasteiger partial charge in [-0.05, 0) is 120 Å². The summed E-state index contributed by atoms with van der Waals surface area (Å²) in [6, 6.07) is -6.54. The van der Waals surface area contributed by atoms with E-state index in [9.17, 15) is 67.7 Å². The van der Waals surface area contributed by atoms with E-state index in [1.54, 1.807) is 32.2 Å². The molecule has 31 nitrogen and oxygen atoms in total. The van der Waals surface area contributed by atoms with E-state index in [1.165, 1.54) is 11.8 Å². The van der Waals surface area contributed by atoms with Gasteiger partial charge in [0.2, 0.25) is 59.1 Å². The summed E-state index contributed by atoms with van der Waals surface area (Å²) in [4.78, 5) is 171. The minimum atomic E-state index is -1.61. The third-order valence-electron chi connectivity index (χ3n) is 14.6. The van der Waals surface area contributed by atoms with E-state index in [0.717, 1.165) is 15.8 Å². The number of aliphatic imine (C=N–C) groups is 1. The third kappa shape index (κ3) is 25.7. The van der Waals surface area contributed by atoms with Crippen molar-refractivity contribution in [2.45, 2.75) is 171 Å². The summed E-state index contributed by atoms with van der Waals surface area (Å²) in [6.07, 6.45) is 3.47. The van der Waals surface area contributed by atoms with Gasteiger partial charge in [-0.3, -0.25) is 57.7 Å². The average molecular weight is 1290 g/mol. The van der Waals surface area contributed by atoms with Crippen LogP contribution in [0.3, 0.4) is 0 Å². The number of hydrogen-bond acceptors (Lipinski definition) is 18. The Morgan fingerprint density at radius 1 is 0.674 bits per heavy atom. The number of hydrogen-bond donors (Lipinski definition) is 18. The summed E-state index contributed by atoms with van der Waals surface area (Å²) in [5.74, 6) is -12.0. The Morgan fingerprint density at radius 3 is 1.73 bits per heavy atom. The summed E-state index contributed by atoms with van der Waals surface area (Å²) >= 11 is 5.76. The number of para-hydroxylation sites is 1. The maximum absolute atomic E-state index is 14.4. The molecule has 3 rings (SSSR count). The molecule has 89 heavy (non-hydrogen) atoms. The predicted octanol–water partition coefficient (Wildman–Crippen LogP) is -3.62. The molecule has 10 atom stereocenters. The number of amides is 10. The van der Waals surface area contributed by atoms with Crippen molar-refractivity contribution in [3.05, 3.63) is 36.0 Å². The normalized spacial score (nSPS) is 16.0. The van der Waals surface area contributed by atoms with Gasteiger partial charge in [0.15, 0.2) is 5.96 Å². The monoisotopic (exact) mass is 1290 g/mol. The molecule has 496 valence electrons. The maximum atomic E-state index is 14.4. The average Bonchev–Trinajstić information content (AvgIpc) is 2.55. The number of thiol groups is 1. The second kappa shape index (κ2) is 39.3. The van der Waals surface area contributed by atoms with Crippen LogP contribution in [0.2, 0.25) is 0 Å². The number of fused-ring (bicyclic) bond motifs is 1. The van der Waals surface area contributed by atoms with Crippen LogP contribution in [0.4, 0.5) is 0 Å². The number of nitrogens with zero attached hydrogens (tertiary/aromatic N) is 2. The van der Waals surface area contributed by atoms with E-state index in [4.69, 9.17) is 34.4 Å². The number of rotatable bonds is 42. The smallest absolute Gasteiger partial charge is 0.326 e. The molecule has 23 N–H and O–H groups in total. The number of aliphatic carboxylic acids is 2. The van der Waals surface area contributed by atoms with Gasteiger partial charge in [0, 0.05) is 48.8 Å². The van der Waals surface area contributed by atoms with E-state index in [-0.39, 0.29) is 102 Å². The summed E-state index contributed by atoms with van der Waals surface area (Å²) in [5.41, 5.74) is 35.4. The highest BCUT2D eigenvalue weighted by molar-refractivity contribution is 7.98. The zero-order valence-corrected chi connectivity index (χ0v) is 52.3. The summed E-state index contributed by atoms with van der Waals surface area (Å²) in [7, 11) is 0. The lowest BCUT2D eigenvalue weighted by atomic mass is 10.00. The van der Waals surface area contributed by atoms with E-state index in [1.807, 2.05) is 18.4 Å². The Morgan fingerprint density at radius 2 is 1.20 bits per heavy atom. The molecule has 1 saturated heterocycles. The molecule has 1 aliphatic heterocycles. The van der Waals surface area contributed by atoms with Crippen LogP contribution in [0.15, 0.2) is 35.5 Å². The Bertz CT molecular complexity index is 2770.